The van der Waals surface area contributed by atoms with Gasteiger partial charge in [-0.2, -0.15) is 0 Å². The monoisotopic (exact) mass is 317 g/mol. The summed E-state index contributed by atoms with van der Waals surface area (Å²) in [6.07, 6.45) is 0. The van der Waals surface area contributed by atoms with Crippen LogP contribution in [0.1, 0.15) is 16.1 Å². The summed E-state index contributed by atoms with van der Waals surface area (Å²) in [5, 5.41) is 0.270. The molecule has 0 spiro atoms. The van der Waals surface area contributed by atoms with Crippen LogP contribution in [-0.2, 0) is 18.9 Å². The van der Waals surface area contributed by atoms with Crippen LogP contribution in [-0.4, -0.2) is 57.7 Å². The Morgan fingerprint density at radius 3 is 2.33 bits per heavy atom. The molecule has 1 aromatic rings. The van der Waals surface area contributed by atoms with E-state index in [9.17, 15) is 4.79 Å². The first-order valence-electron chi connectivity index (χ1n) is 6.59. The highest BCUT2D eigenvalue weighted by Crippen LogP contribution is 2.11. The van der Waals surface area contributed by atoms with E-state index in [1.807, 2.05) is 0 Å². The van der Waals surface area contributed by atoms with Gasteiger partial charge in [-0.1, -0.05) is 11.6 Å². The number of methoxy groups -OCH3 is 1. The first-order chi connectivity index (χ1) is 10.1. The van der Waals surface area contributed by atoms with E-state index in [4.69, 9.17) is 30.5 Å². The lowest BCUT2D eigenvalue weighted by Crippen LogP contribution is -2.14. The van der Waals surface area contributed by atoms with Gasteiger partial charge in [-0.3, -0.25) is 0 Å². The number of halogens is 1. The summed E-state index contributed by atoms with van der Waals surface area (Å²) < 4.78 is 20.4. The maximum absolute atomic E-state index is 11.8. The molecule has 6 nitrogen and oxygen atoms in total. The second kappa shape index (κ2) is 10.5. The Morgan fingerprint density at radius 2 is 1.71 bits per heavy atom. The molecule has 1 heterocycles. The van der Waals surface area contributed by atoms with Gasteiger partial charge in [-0.25, -0.2) is 9.78 Å². The summed E-state index contributed by atoms with van der Waals surface area (Å²) >= 11 is 5.78. The molecule has 0 aromatic carbocycles. The van der Waals surface area contributed by atoms with Crippen LogP contribution in [0.25, 0.3) is 0 Å². The molecule has 0 radical (unpaired) electrons. The number of aryl methyl sites for hydroxylation is 1. The van der Waals surface area contributed by atoms with Crippen LogP contribution in [0.4, 0.5) is 0 Å². The van der Waals surface area contributed by atoms with Crippen molar-refractivity contribution in [2.45, 2.75) is 6.92 Å². The van der Waals surface area contributed by atoms with Gasteiger partial charge in [0.25, 0.3) is 0 Å². The number of rotatable bonds is 10. The molecular weight excluding hydrogens is 298 g/mol. The van der Waals surface area contributed by atoms with Crippen molar-refractivity contribution in [3.05, 3.63) is 28.5 Å². The summed E-state index contributed by atoms with van der Waals surface area (Å²) in [7, 11) is 1.62. The van der Waals surface area contributed by atoms with Gasteiger partial charge in [-0.15, -0.1) is 0 Å². The van der Waals surface area contributed by atoms with Gasteiger partial charge in [0.05, 0.1) is 38.6 Å². The van der Waals surface area contributed by atoms with E-state index in [2.05, 4.69) is 4.98 Å². The maximum Gasteiger partial charge on any atom is 0.338 e. The first-order valence-corrected chi connectivity index (χ1v) is 6.97. The van der Waals surface area contributed by atoms with Crippen molar-refractivity contribution in [2.75, 3.05) is 46.8 Å². The van der Waals surface area contributed by atoms with Crippen molar-refractivity contribution >= 4 is 17.6 Å². The number of aromatic nitrogens is 1. The molecule has 1 aromatic heterocycles. The minimum atomic E-state index is -0.442. The number of ether oxygens (including phenoxy) is 4. The van der Waals surface area contributed by atoms with E-state index in [-0.39, 0.29) is 11.8 Å². The smallest absolute Gasteiger partial charge is 0.338 e. The zero-order chi connectivity index (χ0) is 15.5. The minimum absolute atomic E-state index is 0.176. The molecule has 0 aliphatic rings. The number of carbonyl (C=O) groups excluding carboxylic acids is 1. The zero-order valence-electron chi connectivity index (χ0n) is 12.3. The fraction of sp³-hybridized carbons (Fsp3) is 0.571. The number of carbonyl (C=O) groups is 1. The molecule has 0 amide bonds. The first kappa shape index (κ1) is 17.8. The van der Waals surface area contributed by atoms with Crippen molar-refractivity contribution < 1.29 is 23.7 Å². The molecular formula is C14H20ClNO5. The van der Waals surface area contributed by atoms with Crippen LogP contribution in [0.15, 0.2) is 12.1 Å². The molecule has 0 aliphatic heterocycles. The Labute approximate surface area is 129 Å². The number of esters is 1. The Balaban J connectivity index is 2.11. The van der Waals surface area contributed by atoms with Crippen molar-refractivity contribution in [3.8, 4) is 0 Å². The second-order valence-corrected chi connectivity index (χ2v) is 4.56. The van der Waals surface area contributed by atoms with Crippen molar-refractivity contribution in [1.82, 2.24) is 4.98 Å². The molecule has 1 rings (SSSR count). The molecule has 7 heteroatoms. The molecule has 0 bridgehead atoms. The largest absolute Gasteiger partial charge is 0.460 e. The zero-order valence-corrected chi connectivity index (χ0v) is 13.0. The number of hydrogen-bond acceptors (Lipinski definition) is 6. The number of hydrogen-bond donors (Lipinski definition) is 0. The number of nitrogens with zero attached hydrogens (tertiary/aromatic N) is 1. The van der Waals surface area contributed by atoms with Crippen LogP contribution >= 0.6 is 11.6 Å². The van der Waals surface area contributed by atoms with Crippen LogP contribution in [0.2, 0.25) is 5.15 Å². The van der Waals surface area contributed by atoms with E-state index in [0.717, 1.165) is 0 Å². The molecule has 0 atom stereocenters. The summed E-state index contributed by atoms with van der Waals surface area (Å²) in [4.78, 5) is 15.7. The summed E-state index contributed by atoms with van der Waals surface area (Å²) in [6.45, 7) is 4.28. The Hall–Kier alpha value is -1.21. The van der Waals surface area contributed by atoms with Gasteiger partial charge in [0.15, 0.2) is 0 Å². The van der Waals surface area contributed by atoms with E-state index in [1.54, 1.807) is 20.1 Å². The molecule has 0 fully saturated rings. The standard InChI is InChI=1S/C14H20ClNO5/c1-11-9-12(10-13(15)16-11)14(17)21-8-7-20-6-5-19-4-3-18-2/h9-10H,3-8H2,1-2H3. The molecule has 0 saturated carbocycles. The predicted molar refractivity (Wildman–Crippen MR) is 77.8 cm³/mol. The fourth-order valence-corrected chi connectivity index (χ4v) is 1.74. The normalized spacial score (nSPS) is 10.6. The third-order valence-corrected chi connectivity index (χ3v) is 2.62. The quantitative estimate of drug-likeness (QED) is 0.373. The van der Waals surface area contributed by atoms with Crippen LogP contribution in [0, 0.1) is 6.92 Å². The molecule has 0 unspecified atom stereocenters. The Bertz CT molecular complexity index is 421. The van der Waals surface area contributed by atoms with Gasteiger partial charge < -0.3 is 18.9 Å². The maximum atomic E-state index is 11.8. The second-order valence-electron chi connectivity index (χ2n) is 4.17. The van der Waals surface area contributed by atoms with Crippen molar-refractivity contribution in [2.24, 2.45) is 0 Å². The highest BCUT2D eigenvalue weighted by atomic mass is 35.5. The summed E-state index contributed by atoms with van der Waals surface area (Å²) in [6, 6.07) is 3.10. The molecule has 0 saturated heterocycles. The lowest BCUT2D eigenvalue weighted by molar-refractivity contribution is 0.00569. The molecule has 0 N–H and O–H groups in total. The van der Waals surface area contributed by atoms with Crippen molar-refractivity contribution in [1.29, 1.82) is 0 Å². The highest BCUT2D eigenvalue weighted by molar-refractivity contribution is 6.29. The lowest BCUT2D eigenvalue weighted by Gasteiger charge is -2.07. The van der Waals surface area contributed by atoms with E-state index in [0.29, 0.717) is 44.3 Å². The van der Waals surface area contributed by atoms with Crippen LogP contribution in [0.5, 0.6) is 0 Å². The lowest BCUT2D eigenvalue weighted by atomic mass is 10.2. The Morgan fingerprint density at radius 1 is 1.10 bits per heavy atom. The Kier molecular flexibility index (Phi) is 8.93. The summed E-state index contributed by atoms with van der Waals surface area (Å²) in [5.41, 5.74) is 1.05. The van der Waals surface area contributed by atoms with Gasteiger partial charge in [0, 0.05) is 12.8 Å². The van der Waals surface area contributed by atoms with Gasteiger partial charge in [0.1, 0.15) is 11.8 Å². The SMILES string of the molecule is COCCOCCOCCOC(=O)c1cc(C)nc(Cl)c1. The van der Waals surface area contributed by atoms with Crippen molar-refractivity contribution in [3.63, 3.8) is 0 Å². The summed E-state index contributed by atoms with van der Waals surface area (Å²) in [5.74, 6) is -0.442. The predicted octanol–water partition coefficient (Wildman–Crippen LogP) is 1.88. The highest BCUT2D eigenvalue weighted by Gasteiger charge is 2.09. The third-order valence-electron chi connectivity index (χ3n) is 2.42. The topological polar surface area (TPSA) is 66.9 Å². The fourth-order valence-electron chi connectivity index (χ4n) is 1.49. The average molecular weight is 318 g/mol. The minimum Gasteiger partial charge on any atom is -0.460 e. The average Bonchev–Trinajstić information content (AvgIpc) is 2.44. The molecule has 118 valence electrons. The molecule has 21 heavy (non-hydrogen) atoms. The molecule has 0 aliphatic carbocycles. The van der Waals surface area contributed by atoms with Crippen LogP contribution in [0.3, 0.4) is 0 Å². The van der Waals surface area contributed by atoms with Gasteiger partial charge >= 0.3 is 5.97 Å². The third kappa shape index (κ3) is 7.96. The van der Waals surface area contributed by atoms with E-state index >= 15 is 0 Å². The van der Waals surface area contributed by atoms with Gasteiger partial charge in [-0.05, 0) is 19.1 Å². The van der Waals surface area contributed by atoms with E-state index < -0.39 is 5.97 Å². The van der Waals surface area contributed by atoms with E-state index in [1.165, 1.54) is 6.07 Å². The van der Waals surface area contributed by atoms with Gasteiger partial charge in [0.2, 0.25) is 0 Å². The number of pyridine rings is 1. The van der Waals surface area contributed by atoms with Crippen LogP contribution < -0.4 is 0 Å².